The number of carboxylic acid groups (broad SMARTS) is 1. The van der Waals surface area contributed by atoms with Crippen molar-refractivity contribution in [2.75, 3.05) is 18.6 Å². The summed E-state index contributed by atoms with van der Waals surface area (Å²) >= 11 is 0. The quantitative estimate of drug-likeness (QED) is 0.407. The fourth-order valence-corrected chi connectivity index (χ4v) is 6.24. The van der Waals surface area contributed by atoms with Crippen LogP contribution in [0.4, 0.5) is 15.0 Å². The standard InChI is InChI=1S/C23H28FN7O7S/c1-13(2)38-17(15-11-14(24)7-8-16(15)37-6)12-29-18-19(28(5)21(27-18)31-25-9-10-26-31)39(35,36)30(22(29)34)23(3,4)20(32)33/h7-11,13,17H,12H2,1-6H3,(H,32,33)/t17-/m0/s1. The van der Waals surface area contributed by atoms with E-state index in [4.69, 9.17) is 9.47 Å². The summed E-state index contributed by atoms with van der Waals surface area (Å²) in [6.45, 7) is 5.29. The number of rotatable bonds is 9. The van der Waals surface area contributed by atoms with Crippen molar-refractivity contribution in [1.29, 1.82) is 0 Å². The average molecular weight is 566 g/mol. The molecule has 4 rings (SSSR count). The molecule has 1 atom stereocenters. The van der Waals surface area contributed by atoms with E-state index < -0.39 is 50.6 Å². The molecule has 0 bridgehead atoms. The molecule has 39 heavy (non-hydrogen) atoms. The molecule has 2 aromatic heterocycles. The lowest BCUT2D eigenvalue weighted by Gasteiger charge is -2.41. The first-order valence-electron chi connectivity index (χ1n) is 11.7. The summed E-state index contributed by atoms with van der Waals surface area (Å²) in [5.41, 5.74) is -1.94. The first-order valence-corrected chi connectivity index (χ1v) is 13.2. The number of fused-ring (bicyclic) bond motifs is 1. The lowest BCUT2D eigenvalue weighted by molar-refractivity contribution is -0.145. The number of urea groups is 1. The summed E-state index contributed by atoms with van der Waals surface area (Å²) in [6.07, 6.45) is 1.27. The van der Waals surface area contributed by atoms with E-state index in [1.165, 1.54) is 44.8 Å². The van der Waals surface area contributed by atoms with Crippen molar-refractivity contribution in [2.24, 2.45) is 7.05 Å². The van der Waals surface area contributed by atoms with Crippen LogP contribution in [0.1, 0.15) is 39.4 Å². The molecule has 3 aromatic rings. The molecule has 0 spiro atoms. The Hall–Kier alpha value is -4.05. The van der Waals surface area contributed by atoms with Gasteiger partial charge in [0.25, 0.3) is 16.0 Å². The third-order valence-electron chi connectivity index (χ3n) is 6.10. The van der Waals surface area contributed by atoms with E-state index in [0.29, 0.717) is 4.31 Å². The van der Waals surface area contributed by atoms with E-state index in [0.717, 1.165) is 28.1 Å². The van der Waals surface area contributed by atoms with E-state index in [9.17, 15) is 27.5 Å². The highest BCUT2D eigenvalue weighted by Crippen LogP contribution is 2.41. The smallest absolute Gasteiger partial charge is 0.340 e. The summed E-state index contributed by atoms with van der Waals surface area (Å²) in [6, 6.07) is 2.61. The van der Waals surface area contributed by atoms with Crippen molar-refractivity contribution in [3.8, 4) is 11.7 Å². The Morgan fingerprint density at radius 2 is 1.85 bits per heavy atom. The van der Waals surface area contributed by atoms with Crippen LogP contribution >= 0.6 is 0 Å². The zero-order valence-electron chi connectivity index (χ0n) is 22.1. The Labute approximate surface area is 223 Å². The van der Waals surface area contributed by atoms with Gasteiger partial charge in [-0.3, -0.25) is 9.47 Å². The van der Waals surface area contributed by atoms with Gasteiger partial charge in [-0.15, -0.1) is 4.80 Å². The average Bonchev–Trinajstić information content (AvgIpc) is 3.48. The second-order valence-electron chi connectivity index (χ2n) is 9.50. The topological polar surface area (TPSA) is 162 Å². The number of hydrogen-bond donors (Lipinski definition) is 1. The van der Waals surface area contributed by atoms with Crippen LogP contribution < -0.4 is 9.64 Å². The normalized spacial score (nSPS) is 15.9. The van der Waals surface area contributed by atoms with Crippen molar-refractivity contribution >= 4 is 27.8 Å². The van der Waals surface area contributed by atoms with Gasteiger partial charge in [0.1, 0.15) is 17.7 Å². The number of sulfonamides is 1. The van der Waals surface area contributed by atoms with Gasteiger partial charge in [0, 0.05) is 12.6 Å². The SMILES string of the molecule is COc1ccc(F)cc1[C@H](CN1C(=O)N(C(C)(C)C(=O)O)S(=O)(=O)c2c1nc(-n1nccn1)n2C)OC(C)C. The number of nitrogens with zero attached hydrogens (tertiary/aromatic N) is 7. The highest BCUT2D eigenvalue weighted by molar-refractivity contribution is 7.90. The largest absolute Gasteiger partial charge is 0.496 e. The summed E-state index contributed by atoms with van der Waals surface area (Å²) in [4.78, 5) is 32.5. The number of carbonyl (C=O) groups excluding carboxylic acids is 1. The van der Waals surface area contributed by atoms with Crippen LogP contribution in [0.3, 0.4) is 0 Å². The van der Waals surface area contributed by atoms with Crippen molar-refractivity contribution in [3.05, 3.63) is 42.0 Å². The Morgan fingerprint density at radius 1 is 1.21 bits per heavy atom. The molecule has 14 nitrogen and oxygen atoms in total. The number of aromatic nitrogens is 5. The van der Waals surface area contributed by atoms with E-state index in [2.05, 4.69) is 15.2 Å². The minimum absolute atomic E-state index is 0.0500. The fraction of sp³-hybridized carbons (Fsp3) is 0.435. The third kappa shape index (κ3) is 4.69. The molecule has 1 aromatic carbocycles. The summed E-state index contributed by atoms with van der Waals surface area (Å²) in [5, 5.41) is 17.4. The molecule has 0 saturated carbocycles. The molecule has 3 heterocycles. The predicted molar refractivity (Wildman–Crippen MR) is 134 cm³/mol. The summed E-state index contributed by atoms with van der Waals surface area (Å²) in [7, 11) is -1.98. The van der Waals surface area contributed by atoms with Gasteiger partial charge < -0.3 is 14.6 Å². The molecule has 0 aliphatic carbocycles. The van der Waals surface area contributed by atoms with Gasteiger partial charge in [-0.2, -0.15) is 27.9 Å². The number of ether oxygens (including phenoxy) is 2. The number of carbonyl (C=O) groups is 2. The number of halogens is 1. The molecular formula is C23H28FN7O7S. The van der Waals surface area contributed by atoms with Crippen LogP contribution in [0.15, 0.2) is 35.6 Å². The van der Waals surface area contributed by atoms with Gasteiger partial charge in [0.15, 0.2) is 11.4 Å². The number of methoxy groups -OCH3 is 1. The van der Waals surface area contributed by atoms with Gasteiger partial charge in [0.2, 0.25) is 5.03 Å². The van der Waals surface area contributed by atoms with Gasteiger partial charge in [-0.25, -0.2) is 14.0 Å². The van der Waals surface area contributed by atoms with Crippen LogP contribution in [-0.2, 0) is 26.6 Å². The second kappa shape index (κ2) is 9.92. The zero-order valence-corrected chi connectivity index (χ0v) is 22.9. The Bertz CT molecular complexity index is 1520. The zero-order chi connectivity index (χ0) is 28.9. The number of aliphatic carboxylic acids is 1. The van der Waals surface area contributed by atoms with Gasteiger partial charge in [-0.05, 0) is 45.9 Å². The van der Waals surface area contributed by atoms with Crippen LogP contribution in [0.5, 0.6) is 5.75 Å². The Morgan fingerprint density at radius 3 is 2.41 bits per heavy atom. The maximum Gasteiger partial charge on any atom is 0.340 e. The number of carboxylic acids is 1. The van der Waals surface area contributed by atoms with E-state index in [1.54, 1.807) is 13.8 Å². The Balaban J connectivity index is 1.96. The molecule has 1 aliphatic heterocycles. The van der Waals surface area contributed by atoms with Crippen molar-refractivity contribution in [1.82, 2.24) is 28.9 Å². The number of imidazole rings is 1. The summed E-state index contributed by atoms with van der Waals surface area (Å²) in [5.74, 6) is -2.22. The summed E-state index contributed by atoms with van der Waals surface area (Å²) < 4.78 is 54.8. The highest BCUT2D eigenvalue weighted by Gasteiger charge is 2.55. The highest BCUT2D eigenvalue weighted by atomic mass is 32.2. The lowest BCUT2D eigenvalue weighted by atomic mass is 10.1. The predicted octanol–water partition coefficient (Wildman–Crippen LogP) is 2.11. The van der Waals surface area contributed by atoms with Crippen LogP contribution in [0, 0.1) is 5.82 Å². The lowest BCUT2D eigenvalue weighted by Crippen LogP contribution is -2.62. The Kier molecular flexibility index (Phi) is 7.12. The maximum atomic E-state index is 14.3. The minimum Gasteiger partial charge on any atom is -0.496 e. The van der Waals surface area contributed by atoms with E-state index in [-0.39, 0.29) is 29.6 Å². The molecule has 2 amide bonds. The van der Waals surface area contributed by atoms with E-state index >= 15 is 0 Å². The molecular weight excluding hydrogens is 537 g/mol. The molecule has 1 aliphatic rings. The van der Waals surface area contributed by atoms with E-state index in [1.807, 2.05) is 0 Å². The van der Waals surface area contributed by atoms with Crippen LogP contribution in [-0.4, -0.2) is 79.7 Å². The minimum atomic E-state index is -4.74. The molecule has 0 radical (unpaired) electrons. The van der Waals surface area contributed by atoms with Crippen LogP contribution in [0.2, 0.25) is 0 Å². The molecule has 210 valence electrons. The number of benzene rings is 1. The van der Waals surface area contributed by atoms with Gasteiger partial charge in [0.05, 0.1) is 32.2 Å². The number of anilines is 1. The second-order valence-corrected chi connectivity index (χ2v) is 11.2. The fourth-order valence-electron chi connectivity index (χ4n) is 4.27. The molecule has 0 saturated heterocycles. The molecule has 1 N–H and O–H groups in total. The number of amides is 2. The first kappa shape index (κ1) is 28.0. The number of hydrogen-bond acceptors (Lipinski definition) is 9. The monoisotopic (exact) mass is 565 g/mol. The molecule has 0 fully saturated rings. The van der Waals surface area contributed by atoms with Crippen LogP contribution in [0.25, 0.3) is 5.95 Å². The maximum absolute atomic E-state index is 14.3. The van der Waals surface area contributed by atoms with Gasteiger partial charge >= 0.3 is 12.0 Å². The molecule has 0 unspecified atom stereocenters. The van der Waals surface area contributed by atoms with Crippen molar-refractivity contribution in [3.63, 3.8) is 0 Å². The van der Waals surface area contributed by atoms with Crippen molar-refractivity contribution in [2.45, 2.75) is 50.5 Å². The molecule has 16 heteroatoms. The van der Waals surface area contributed by atoms with Crippen molar-refractivity contribution < 1.29 is 37.0 Å². The van der Waals surface area contributed by atoms with Gasteiger partial charge in [-0.1, -0.05) is 0 Å². The first-order chi connectivity index (χ1) is 18.2. The third-order valence-corrected chi connectivity index (χ3v) is 8.14.